The highest BCUT2D eigenvalue weighted by atomic mass is 16.6. The van der Waals surface area contributed by atoms with Crippen LogP contribution in [0, 0.1) is 17.0 Å². The zero-order chi connectivity index (χ0) is 18.3. The standard InChI is InChI=1S/C18H13N5O3/c1-11-2-7-15-14(8-11)16-17(21-15)18(24)22(10-19-16)20-9-12-3-5-13(6-4-12)23(25)26/h2-10,21H,1H3/b20-9+. The molecule has 0 atom stereocenters. The summed E-state index contributed by atoms with van der Waals surface area (Å²) in [7, 11) is 0. The molecule has 0 saturated heterocycles. The first-order valence-electron chi connectivity index (χ1n) is 7.81. The van der Waals surface area contributed by atoms with E-state index in [4.69, 9.17) is 0 Å². The van der Waals surface area contributed by atoms with Gasteiger partial charge in [0, 0.05) is 23.0 Å². The summed E-state index contributed by atoms with van der Waals surface area (Å²) in [5.74, 6) is 0. The predicted octanol–water partition coefficient (Wildman–Crippen LogP) is 2.98. The van der Waals surface area contributed by atoms with E-state index in [9.17, 15) is 14.9 Å². The Morgan fingerprint density at radius 2 is 2.00 bits per heavy atom. The van der Waals surface area contributed by atoms with Crippen LogP contribution in [-0.4, -0.2) is 25.8 Å². The van der Waals surface area contributed by atoms with Gasteiger partial charge < -0.3 is 4.98 Å². The number of H-pyrrole nitrogens is 1. The molecule has 1 N–H and O–H groups in total. The van der Waals surface area contributed by atoms with Crippen molar-refractivity contribution in [3.05, 3.63) is 80.4 Å². The average molecular weight is 347 g/mol. The Morgan fingerprint density at radius 3 is 2.73 bits per heavy atom. The number of non-ortho nitro benzene ring substituents is 1. The number of nitro groups is 1. The van der Waals surface area contributed by atoms with Crippen molar-refractivity contribution in [3.8, 4) is 0 Å². The fourth-order valence-corrected chi connectivity index (χ4v) is 2.75. The minimum Gasteiger partial charge on any atom is -0.349 e. The van der Waals surface area contributed by atoms with Gasteiger partial charge >= 0.3 is 0 Å². The molecule has 0 unspecified atom stereocenters. The van der Waals surface area contributed by atoms with E-state index in [1.54, 1.807) is 12.1 Å². The van der Waals surface area contributed by atoms with Crippen molar-refractivity contribution >= 4 is 33.8 Å². The van der Waals surface area contributed by atoms with Gasteiger partial charge in [-0.05, 0) is 36.8 Å². The maximum absolute atomic E-state index is 12.6. The molecule has 0 fully saturated rings. The van der Waals surface area contributed by atoms with Crippen molar-refractivity contribution in [1.29, 1.82) is 0 Å². The van der Waals surface area contributed by atoms with Crippen molar-refractivity contribution in [2.75, 3.05) is 0 Å². The lowest BCUT2D eigenvalue weighted by atomic mass is 10.2. The number of nitro benzene ring substituents is 1. The highest BCUT2D eigenvalue weighted by Crippen LogP contribution is 2.22. The minimum atomic E-state index is -0.471. The van der Waals surface area contributed by atoms with E-state index < -0.39 is 4.92 Å². The van der Waals surface area contributed by atoms with Crippen LogP contribution in [-0.2, 0) is 0 Å². The number of aryl methyl sites for hydroxylation is 1. The summed E-state index contributed by atoms with van der Waals surface area (Å²) in [6.45, 7) is 1.98. The van der Waals surface area contributed by atoms with E-state index in [0.717, 1.165) is 21.1 Å². The number of aromatic nitrogens is 3. The zero-order valence-electron chi connectivity index (χ0n) is 13.7. The molecule has 0 saturated carbocycles. The molecular weight excluding hydrogens is 334 g/mol. The van der Waals surface area contributed by atoms with Gasteiger partial charge in [-0.15, -0.1) is 0 Å². The molecule has 26 heavy (non-hydrogen) atoms. The predicted molar refractivity (Wildman–Crippen MR) is 98.7 cm³/mol. The van der Waals surface area contributed by atoms with Gasteiger partial charge in [-0.25, -0.2) is 4.98 Å². The highest BCUT2D eigenvalue weighted by Gasteiger charge is 2.10. The van der Waals surface area contributed by atoms with Gasteiger partial charge in [-0.3, -0.25) is 14.9 Å². The fourth-order valence-electron chi connectivity index (χ4n) is 2.75. The number of benzene rings is 2. The molecule has 8 heteroatoms. The molecule has 2 aromatic carbocycles. The maximum Gasteiger partial charge on any atom is 0.298 e. The summed E-state index contributed by atoms with van der Waals surface area (Å²) in [6, 6.07) is 11.7. The highest BCUT2D eigenvalue weighted by molar-refractivity contribution is 6.04. The third-order valence-electron chi connectivity index (χ3n) is 4.08. The van der Waals surface area contributed by atoms with Crippen LogP contribution < -0.4 is 5.56 Å². The van der Waals surface area contributed by atoms with E-state index in [0.29, 0.717) is 16.6 Å². The molecule has 4 rings (SSSR count). The lowest BCUT2D eigenvalue weighted by Gasteiger charge is -1.98. The van der Waals surface area contributed by atoms with Crippen LogP contribution in [0.25, 0.3) is 21.9 Å². The molecule has 0 spiro atoms. The smallest absolute Gasteiger partial charge is 0.298 e. The Balaban J connectivity index is 1.75. The zero-order valence-corrected chi connectivity index (χ0v) is 13.7. The van der Waals surface area contributed by atoms with Gasteiger partial charge in [-0.2, -0.15) is 9.78 Å². The summed E-state index contributed by atoms with van der Waals surface area (Å²) in [5.41, 5.74) is 3.23. The average Bonchev–Trinajstić information content (AvgIpc) is 3.00. The largest absolute Gasteiger partial charge is 0.349 e. The van der Waals surface area contributed by atoms with E-state index >= 15 is 0 Å². The number of hydrogen-bond acceptors (Lipinski definition) is 5. The molecule has 0 bridgehead atoms. The van der Waals surface area contributed by atoms with E-state index in [-0.39, 0.29) is 11.2 Å². The second-order valence-corrected chi connectivity index (χ2v) is 5.89. The van der Waals surface area contributed by atoms with Crippen molar-refractivity contribution in [3.63, 3.8) is 0 Å². The van der Waals surface area contributed by atoms with Crippen LogP contribution in [0.3, 0.4) is 0 Å². The quantitative estimate of drug-likeness (QED) is 0.349. The number of rotatable bonds is 3. The Hall–Kier alpha value is -3.81. The van der Waals surface area contributed by atoms with E-state index in [2.05, 4.69) is 15.1 Å². The van der Waals surface area contributed by atoms with Crippen LogP contribution in [0.15, 0.2) is 58.7 Å². The van der Waals surface area contributed by atoms with Crippen molar-refractivity contribution in [2.45, 2.75) is 6.92 Å². The lowest BCUT2D eigenvalue weighted by molar-refractivity contribution is -0.384. The molecular formula is C18H13N5O3. The third-order valence-corrected chi connectivity index (χ3v) is 4.08. The summed E-state index contributed by atoms with van der Waals surface area (Å²) >= 11 is 0. The summed E-state index contributed by atoms with van der Waals surface area (Å²) in [6.07, 6.45) is 2.81. The monoisotopic (exact) mass is 347 g/mol. The first kappa shape index (κ1) is 15.7. The SMILES string of the molecule is Cc1ccc2[nH]c3c(=O)n(/N=C/c4ccc([N+](=O)[O-])cc4)cnc3c2c1. The molecule has 128 valence electrons. The van der Waals surface area contributed by atoms with Crippen LogP contribution in [0.4, 0.5) is 5.69 Å². The second-order valence-electron chi connectivity index (χ2n) is 5.89. The van der Waals surface area contributed by atoms with Crippen molar-refractivity contribution in [1.82, 2.24) is 14.6 Å². The topological polar surface area (TPSA) is 106 Å². The van der Waals surface area contributed by atoms with Gasteiger partial charge in [0.2, 0.25) is 0 Å². The lowest BCUT2D eigenvalue weighted by Crippen LogP contribution is -2.17. The molecule has 2 heterocycles. The van der Waals surface area contributed by atoms with E-state index in [1.165, 1.54) is 24.7 Å². The summed E-state index contributed by atoms with van der Waals surface area (Å²) in [5, 5.41) is 15.7. The van der Waals surface area contributed by atoms with Gasteiger partial charge in [0.1, 0.15) is 17.4 Å². The molecule has 0 amide bonds. The Morgan fingerprint density at radius 1 is 1.23 bits per heavy atom. The number of nitrogens with one attached hydrogen (secondary N) is 1. The van der Waals surface area contributed by atoms with Crippen LogP contribution in [0.1, 0.15) is 11.1 Å². The molecule has 2 aromatic heterocycles. The van der Waals surface area contributed by atoms with Gasteiger partial charge in [0.15, 0.2) is 0 Å². The number of hydrogen-bond donors (Lipinski definition) is 1. The first-order valence-corrected chi connectivity index (χ1v) is 7.81. The Bertz CT molecular complexity index is 1240. The number of aromatic amines is 1. The molecule has 8 nitrogen and oxygen atoms in total. The van der Waals surface area contributed by atoms with Crippen LogP contribution in [0.5, 0.6) is 0 Å². The van der Waals surface area contributed by atoms with Gasteiger partial charge in [-0.1, -0.05) is 11.6 Å². The molecule has 0 aliphatic heterocycles. The van der Waals surface area contributed by atoms with E-state index in [1.807, 2.05) is 25.1 Å². The Kier molecular flexibility index (Phi) is 3.58. The van der Waals surface area contributed by atoms with Crippen molar-refractivity contribution in [2.24, 2.45) is 5.10 Å². The fraction of sp³-hybridized carbons (Fsp3) is 0.0556. The van der Waals surface area contributed by atoms with Gasteiger partial charge in [0.05, 0.1) is 11.1 Å². The second kappa shape index (κ2) is 5.92. The van der Waals surface area contributed by atoms with Crippen LogP contribution >= 0.6 is 0 Å². The normalized spacial score (nSPS) is 11.6. The van der Waals surface area contributed by atoms with Crippen molar-refractivity contribution < 1.29 is 4.92 Å². The molecule has 4 aromatic rings. The Labute approximate surface area is 146 Å². The van der Waals surface area contributed by atoms with Gasteiger partial charge in [0.25, 0.3) is 11.2 Å². The molecule has 0 aliphatic carbocycles. The minimum absolute atomic E-state index is 0.00391. The van der Waals surface area contributed by atoms with Crippen LogP contribution in [0.2, 0.25) is 0 Å². The summed E-state index contributed by atoms with van der Waals surface area (Å²) < 4.78 is 1.13. The molecule has 0 aliphatic rings. The first-order chi connectivity index (χ1) is 12.5. The summed E-state index contributed by atoms with van der Waals surface area (Å²) in [4.78, 5) is 30.3. The third kappa shape index (κ3) is 2.63. The number of nitrogens with zero attached hydrogens (tertiary/aromatic N) is 4. The molecule has 0 radical (unpaired) electrons. The maximum atomic E-state index is 12.6. The number of fused-ring (bicyclic) bond motifs is 3.